The highest BCUT2D eigenvalue weighted by Crippen LogP contribution is 2.43. The minimum absolute atomic E-state index is 0.0369. The lowest BCUT2D eigenvalue weighted by molar-refractivity contribution is -0.372. The number of ether oxygens (including phenoxy) is 17. The number of azide groups is 2. The average molecular weight is 1610 g/mol. The molecule has 4 fully saturated rings. The average Bonchev–Trinajstić information content (AvgIpc) is 0.759. The first-order valence-electron chi connectivity index (χ1n) is 38.0. The zero-order valence-electron chi connectivity index (χ0n) is 63.8. The predicted octanol–water partition coefficient (Wildman–Crippen LogP) is 13.1. The van der Waals surface area contributed by atoms with Crippen LogP contribution in [-0.4, -0.2) is 178 Å². The Balaban J connectivity index is 0.933. The lowest BCUT2D eigenvalue weighted by Crippen LogP contribution is -2.69. The number of nitrogens with zero attached hydrogens (tertiary/aromatic N) is 6. The Labute approximate surface area is 679 Å². The van der Waals surface area contributed by atoms with E-state index in [2.05, 4.69) is 20.1 Å². The molecule has 0 amide bonds. The van der Waals surface area contributed by atoms with E-state index in [-0.39, 0.29) is 57.4 Å². The van der Waals surface area contributed by atoms with Gasteiger partial charge < -0.3 is 85.6 Å². The van der Waals surface area contributed by atoms with Crippen LogP contribution in [0.5, 0.6) is 0 Å². The Morgan fingerprint density at radius 2 is 0.701 bits per heavy atom. The molecule has 9 aromatic carbocycles. The third-order valence-corrected chi connectivity index (χ3v) is 20.9. The fourth-order valence-electron chi connectivity index (χ4n) is 14.0. The molecule has 4 aliphatic rings. The van der Waals surface area contributed by atoms with Gasteiger partial charge in [0.2, 0.25) is 0 Å². The maximum Gasteiger partial charge on any atom is 0.338 e. The topological polar surface area (TPSA) is 343 Å². The molecular formula is C88H88N6O22S. The molecule has 0 aliphatic carbocycles. The summed E-state index contributed by atoms with van der Waals surface area (Å²) < 4.78 is 114. The summed E-state index contributed by atoms with van der Waals surface area (Å²) in [5.41, 5.74) is 24.6. The fraction of sp³-hybridized carbons (Fsp3) is 0.341. The van der Waals surface area contributed by atoms with Crippen molar-refractivity contribution < 1.29 is 105 Å². The minimum Gasteiger partial charge on any atom is -0.467 e. The number of esters is 4. The lowest BCUT2D eigenvalue weighted by atomic mass is 9.93. The number of aliphatic hydroxyl groups excluding tert-OH is 1. The highest BCUT2D eigenvalue weighted by molar-refractivity contribution is 7.99. The third kappa shape index (κ3) is 22.5. The van der Waals surface area contributed by atoms with E-state index in [9.17, 15) is 25.8 Å². The number of thioether (sulfide) groups is 1. The van der Waals surface area contributed by atoms with Crippen LogP contribution in [0.3, 0.4) is 0 Å². The lowest BCUT2D eigenvalue weighted by Gasteiger charge is -2.51. The minimum atomic E-state index is -2.02. The Kier molecular flexibility index (Phi) is 30.9. The molecule has 4 saturated heterocycles. The van der Waals surface area contributed by atoms with Crippen LogP contribution >= 0.6 is 11.8 Å². The smallest absolute Gasteiger partial charge is 0.338 e. The van der Waals surface area contributed by atoms with Crippen molar-refractivity contribution in [3.8, 4) is 0 Å². The molecule has 0 saturated carbocycles. The van der Waals surface area contributed by atoms with Crippen LogP contribution in [0.25, 0.3) is 20.9 Å². The Morgan fingerprint density at radius 3 is 1.12 bits per heavy atom. The van der Waals surface area contributed by atoms with Gasteiger partial charge in [-0.1, -0.05) is 259 Å². The number of methoxy groups -OCH3 is 2. The van der Waals surface area contributed by atoms with Gasteiger partial charge in [0.15, 0.2) is 43.3 Å². The molecule has 13 rings (SSSR count). The van der Waals surface area contributed by atoms with E-state index in [1.807, 2.05) is 158 Å². The quantitative estimate of drug-likeness (QED) is 0.0125. The molecule has 117 heavy (non-hydrogen) atoms. The monoisotopic (exact) mass is 1610 g/mol. The number of aliphatic hydroxyl groups is 1. The van der Waals surface area contributed by atoms with Crippen molar-refractivity contribution >= 4 is 35.6 Å². The van der Waals surface area contributed by atoms with Crippen molar-refractivity contribution in [1.29, 1.82) is 0 Å². The molecule has 1 N–H and O–H groups in total. The van der Waals surface area contributed by atoms with Crippen LogP contribution in [0, 0.1) is 0 Å². The molecule has 28 nitrogen and oxygen atoms in total. The normalized spacial score (nSPS) is 26.9. The number of carbonyl (C=O) groups is 4. The highest BCUT2D eigenvalue weighted by atomic mass is 32.2. The van der Waals surface area contributed by atoms with Crippen LogP contribution in [0.15, 0.2) is 288 Å². The van der Waals surface area contributed by atoms with Crippen LogP contribution in [0.4, 0.5) is 0 Å². The largest absolute Gasteiger partial charge is 0.467 e. The molecule has 9 aromatic rings. The number of benzene rings is 9. The van der Waals surface area contributed by atoms with E-state index >= 15 is 9.59 Å². The fourth-order valence-corrected chi connectivity index (χ4v) is 15.1. The van der Waals surface area contributed by atoms with Crippen LogP contribution in [0.2, 0.25) is 0 Å². The molecule has 0 aromatic heterocycles. The van der Waals surface area contributed by atoms with Gasteiger partial charge in [-0.25, -0.2) is 19.2 Å². The predicted molar refractivity (Wildman–Crippen MR) is 421 cm³/mol. The summed E-state index contributed by atoms with van der Waals surface area (Å²) in [6.45, 7) is -1.40. The third-order valence-electron chi connectivity index (χ3n) is 19.8. The van der Waals surface area contributed by atoms with Crippen molar-refractivity contribution in [2.45, 2.75) is 166 Å². The maximum absolute atomic E-state index is 15.3. The Hall–Kier alpha value is -10.7. The molecule has 608 valence electrons. The first-order valence-corrected chi connectivity index (χ1v) is 38.9. The molecule has 20 atom stereocenters. The van der Waals surface area contributed by atoms with Gasteiger partial charge in [-0.2, -0.15) is 0 Å². The molecule has 0 radical (unpaired) electrons. The SMILES string of the molecule is COC(=O)[C@@H]1O[C@@H](O[C@H]2[C@H](OCc3ccccc3)[C@@H](N=[N+]=[N-])[C@@H](O[C@H]3[C@H](OCc4ccccc4)[C@@H](OC(=O)c4ccccc4)C(Sc4ccccc4)O[C@H]3C(=O)OC)O[C@@H]2COCc2ccccc2)[C@H](OC(=O)c2ccccc2)[C@@H](OCc2ccccc2)[C@@H]1O[C@H]1O[C@H](COCc2ccccc2)[C@@H](O)[C@H](OCc2ccccc2)[C@H]1N=[N+]=[N-]. The number of hydrogen-bond acceptors (Lipinski definition) is 25. The summed E-state index contributed by atoms with van der Waals surface area (Å²) >= 11 is 1.15. The second kappa shape index (κ2) is 42.9. The van der Waals surface area contributed by atoms with Gasteiger partial charge in [0.1, 0.15) is 72.5 Å². The van der Waals surface area contributed by atoms with Gasteiger partial charge in [0.05, 0.1) is 84.3 Å². The molecule has 29 heteroatoms. The summed E-state index contributed by atoms with van der Waals surface area (Å²) in [7, 11) is 2.27. The van der Waals surface area contributed by atoms with Gasteiger partial charge in [0, 0.05) is 14.7 Å². The number of rotatable bonds is 36. The van der Waals surface area contributed by atoms with Gasteiger partial charge in [-0.15, -0.1) is 0 Å². The van der Waals surface area contributed by atoms with E-state index in [4.69, 9.17) is 80.5 Å². The number of hydrogen-bond donors (Lipinski definition) is 1. The van der Waals surface area contributed by atoms with E-state index < -0.39 is 152 Å². The maximum atomic E-state index is 15.3. The van der Waals surface area contributed by atoms with Crippen molar-refractivity contribution in [3.05, 3.63) is 338 Å². The zero-order chi connectivity index (χ0) is 81.1. The summed E-state index contributed by atoms with van der Waals surface area (Å²) in [5, 5.41) is 20.9. The standard InChI is InChI=1S/C88H88N6O22S/c1-100-83(98)77-75(113-85-67(91-93-89)71(104-50-58-34-16-5-17-35-58)69(95)65(108-85)54-102-48-56-30-12-3-13-31-56)73(106-52-60-38-20-7-21-39-60)79(110-81(96)62-42-24-9-25-43-62)87(115-77)112-70-66(55-103-49-57-32-14-4-15-33-57)109-86(68(92-94-90)72(70)105-51-59-36-18-6-19-37-59)114-76-74(107-53-61-40-22-8-23-41-61)80(111-82(97)63-44-26-10-27-45-63)88(116-78(76)84(99)101-2)117-64-46-28-11-29-47-64/h3-47,65-80,85-88,95H,48-55H2,1-2H3/t65-,66-,67-,68-,69-,70-,71-,72-,73+,74+,75+,76+,77-,78-,79-,80-,85-,86-,87-,88?/m1/s1. The second-order valence-corrected chi connectivity index (χ2v) is 28.8. The van der Waals surface area contributed by atoms with Gasteiger partial charge >= 0.3 is 23.9 Å². The van der Waals surface area contributed by atoms with Gasteiger partial charge in [-0.05, 0) is 80.8 Å². The summed E-state index contributed by atoms with van der Waals surface area (Å²) in [6, 6.07) is 76.6. The van der Waals surface area contributed by atoms with Crippen LogP contribution < -0.4 is 0 Å². The van der Waals surface area contributed by atoms with Gasteiger partial charge in [0.25, 0.3) is 0 Å². The molecular weight excluding hydrogens is 1530 g/mol. The van der Waals surface area contributed by atoms with Crippen molar-refractivity contribution in [2.24, 2.45) is 10.2 Å². The second-order valence-electron chi connectivity index (χ2n) is 27.6. The Morgan fingerprint density at radius 1 is 0.368 bits per heavy atom. The van der Waals surface area contributed by atoms with Crippen molar-refractivity contribution in [2.75, 3.05) is 27.4 Å². The Bertz CT molecular complexity index is 4660. The first kappa shape index (κ1) is 84.2. The summed E-state index contributed by atoms with van der Waals surface area (Å²) in [5.74, 6) is -3.77. The number of carbonyl (C=O) groups excluding carboxylic acids is 4. The van der Waals surface area contributed by atoms with E-state index in [1.165, 1.54) is 19.2 Å². The summed E-state index contributed by atoms with van der Waals surface area (Å²) in [4.78, 5) is 67.2. The molecule has 1 unspecified atom stereocenters. The highest BCUT2D eigenvalue weighted by Gasteiger charge is 2.61. The van der Waals surface area contributed by atoms with Crippen molar-refractivity contribution in [3.63, 3.8) is 0 Å². The first-order chi connectivity index (χ1) is 57.4. The molecule has 0 bridgehead atoms. The van der Waals surface area contributed by atoms with Crippen LogP contribution in [0.1, 0.15) is 54.1 Å². The van der Waals surface area contributed by atoms with E-state index in [0.29, 0.717) is 27.1 Å². The zero-order valence-corrected chi connectivity index (χ0v) is 64.6. The van der Waals surface area contributed by atoms with Gasteiger partial charge in [-0.3, -0.25) is 0 Å². The van der Waals surface area contributed by atoms with E-state index in [0.717, 1.165) is 30.0 Å². The molecule has 0 spiro atoms. The summed E-state index contributed by atoms with van der Waals surface area (Å²) in [6.07, 6.45) is -28.3. The van der Waals surface area contributed by atoms with E-state index in [1.54, 1.807) is 103 Å². The van der Waals surface area contributed by atoms with Crippen LogP contribution in [-0.2, 0) is 130 Å². The molecule has 4 heterocycles. The molecule has 4 aliphatic heterocycles. The van der Waals surface area contributed by atoms with Crippen molar-refractivity contribution in [1.82, 2.24) is 0 Å².